The fourth-order valence-corrected chi connectivity index (χ4v) is 2.68. The molecule has 1 atom stereocenters. The molecule has 0 aromatic heterocycles. The summed E-state index contributed by atoms with van der Waals surface area (Å²) in [6.07, 6.45) is 2.34. The summed E-state index contributed by atoms with van der Waals surface area (Å²) in [5, 5.41) is 6.31. The molecule has 1 amide bonds. The molecule has 0 bridgehead atoms. The Kier molecular flexibility index (Phi) is 4.81. The lowest BCUT2D eigenvalue weighted by Crippen LogP contribution is -2.34. The van der Waals surface area contributed by atoms with Crippen LogP contribution in [-0.2, 0) is 4.79 Å². The molecule has 1 saturated carbocycles. The van der Waals surface area contributed by atoms with Crippen molar-refractivity contribution in [2.24, 2.45) is 5.92 Å². The van der Waals surface area contributed by atoms with E-state index in [9.17, 15) is 4.79 Å². The second kappa shape index (κ2) is 7.18. The molecule has 1 unspecified atom stereocenters. The second-order valence-electron chi connectivity index (χ2n) is 5.88. The van der Waals surface area contributed by atoms with Gasteiger partial charge in [-0.15, -0.1) is 0 Å². The normalized spacial score (nSPS) is 14.8. The van der Waals surface area contributed by atoms with Gasteiger partial charge in [0.05, 0.1) is 19.7 Å². The predicted octanol–water partition coefficient (Wildman–Crippen LogP) is 3.37. The maximum atomic E-state index is 12.3. The van der Waals surface area contributed by atoms with E-state index in [1.54, 1.807) is 7.11 Å². The lowest BCUT2D eigenvalue weighted by Gasteiger charge is -2.19. The lowest BCUT2D eigenvalue weighted by molar-refractivity contribution is -0.120. The van der Waals surface area contributed by atoms with Gasteiger partial charge in [-0.2, -0.15) is 0 Å². The van der Waals surface area contributed by atoms with E-state index >= 15 is 0 Å². The Bertz CT molecular complexity index is 636. The minimum atomic E-state index is 0.0153. The maximum absolute atomic E-state index is 12.3. The first-order chi connectivity index (χ1) is 11.3. The standard InChI is InChI=1S/C19H22N2O2/c1-23-17-11-9-15(10-12-17)19(14-7-8-14)21-18(22)13-20-16-5-3-2-4-6-16/h2-6,9-12,14,19-20H,7-8,13H2,1H3,(H,21,22). The van der Waals surface area contributed by atoms with Crippen LogP contribution in [0.3, 0.4) is 0 Å². The van der Waals surface area contributed by atoms with Gasteiger partial charge in [0.1, 0.15) is 5.75 Å². The van der Waals surface area contributed by atoms with Crippen LogP contribution >= 0.6 is 0 Å². The first kappa shape index (κ1) is 15.4. The second-order valence-corrected chi connectivity index (χ2v) is 5.88. The van der Waals surface area contributed by atoms with E-state index in [4.69, 9.17) is 4.74 Å². The van der Waals surface area contributed by atoms with Crippen molar-refractivity contribution in [1.82, 2.24) is 5.32 Å². The SMILES string of the molecule is COc1ccc(C(NC(=O)CNc2ccccc2)C2CC2)cc1. The van der Waals surface area contributed by atoms with Crippen LogP contribution in [0.2, 0.25) is 0 Å². The van der Waals surface area contributed by atoms with Gasteiger partial charge in [-0.05, 0) is 48.6 Å². The molecule has 0 aliphatic heterocycles. The molecule has 120 valence electrons. The fourth-order valence-electron chi connectivity index (χ4n) is 2.68. The van der Waals surface area contributed by atoms with E-state index in [1.807, 2.05) is 54.6 Å². The van der Waals surface area contributed by atoms with Crippen LogP contribution in [0.15, 0.2) is 54.6 Å². The summed E-state index contributed by atoms with van der Waals surface area (Å²) in [7, 11) is 1.66. The van der Waals surface area contributed by atoms with Gasteiger partial charge in [0.15, 0.2) is 0 Å². The average Bonchev–Trinajstić information content (AvgIpc) is 3.44. The molecular formula is C19H22N2O2. The molecule has 1 fully saturated rings. The molecule has 3 rings (SSSR count). The molecule has 0 radical (unpaired) electrons. The zero-order valence-electron chi connectivity index (χ0n) is 13.3. The fraction of sp³-hybridized carbons (Fsp3) is 0.316. The van der Waals surface area contributed by atoms with E-state index < -0.39 is 0 Å². The zero-order valence-corrected chi connectivity index (χ0v) is 13.3. The summed E-state index contributed by atoms with van der Waals surface area (Å²) in [5.41, 5.74) is 2.09. The monoisotopic (exact) mass is 310 g/mol. The first-order valence-electron chi connectivity index (χ1n) is 7.98. The summed E-state index contributed by atoms with van der Waals surface area (Å²) in [5.74, 6) is 1.39. The van der Waals surface area contributed by atoms with E-state index in [0.29, 0.717) is 5.92 Å². The molecule has 4 nitrogen and oxygen atoms in total. The number of hydrogen-bond acceptors (Lipinski definition) is 3. The number of benzene rings is 2. The number of para-hydroxylation sites is 1. The van der Waals surface area contributed by atoms with Gasteiger partial charge in [-0.25, -0.2) is 0 Å². The molecule has 2 aromatic carbocycles. The Labute approximate surface area is 136 Å². The molecular weight excluding hydrogens is 288 g/mol. The number of rotatable bonds is 7. The Morgan fingerprint density at radius 3 is 2.43 bits per heavy atom. The summed E-state index contributed by atoms with van der Waals surface area (Å²) in [6.45, 7) is 0.281. The molecule has 1 aliphatic rings. The quantitative estimate of drug-likeness (QED) is 0.824. The van der Waals surface area contributed by atoms with Crippen LogP contribution in [0.1, 0.15) is 24.4 Å². The van der Waals surface area contributed by atoms with Crippen molar-refractivity contribution in [2.75, 3.05) is 19.0 Å². The molecule has 0 heterocycles. The van der Waals surface area contributed by atoms with Crippen molar-refractivity contribution in [1.29, 1.82) is 0 Å². The molecule has 2 aromatic rings. The van der Waals surface area contributed by atoms with Crippen LogP contribution in [0.25, 0.3) is 0 Å². The molecule has 23 heavy (non-hydrogen) atoms. The first-order valence-corrected chi connectivity index (χ1v) is 7.98. The summed E-state index contributed by atoms with van der Waals surface area (Å²) in [4.78, 5) is 12.3. The van der Waals surface area contributed by atoms with Crippen molar-refractivity contribution in [3.05, 3.63) is 60.2 Å². The third-order valence-corrected chi connectivity index (χ3v) is 4.11. The highest BCUT2D eigenvalue weighted by atomic mass is 16.5. The number of carbonyl (C=O) groups is 1. The van der Waals surface area contributed by atoms with Crippen LogP contribution in [0.5, 0.6) is 5.75 Å². The highest BCUT2D eigenvalue weighted by Gasteiger charge is 2.33. The number of anilines is 1. The highest BCUT2D eigenvalue weighted by Crippen LogP contribution is 2.41. The Balaban J connectivity index is 1.59. The minimum Gasteiger partial charge on any atom is -0.497 e. The van der Waals surface area contributed by atoms with Crippen molar-refractivity contribution in [2.45, 2.75) is 18.9 Å². The summed E-state index contributed by atoms with van der Waals surface area (Å²) < 4.78 is 5.20. The topological polar surface area (TPSA) is 50.4 Å². The molecule has 2 N–H and O–H groups in total. The average molecular weight is 310 g/mol. The largest absolute Gasteiger partial charge is 0.497 e. The number of nitrogens with one attached hydrogen (secondary N) is 2. The third kappa shape index (κ3) is 4.25. The van der Waals surface area contributed by atoms with Gasteiger partial charge in [0.25, 0.3) is 0 Å². The van der Waals surface area contributed by atoms with Crippen molar-refractivity contribution in [3.8, 4) is 5.75 Å². The Morgan fingerprint density at radius 1 is 1.13 bits per heavy atom. The Morgan fingerprint density at radius 2 is 1.83 bits per heavy atom. The van der Waals surface area contributed by atoms with Gasteiger partial charge in [0.2, 0.25) is 5.91 Å². The smallest absolute Gasteiger partial charge is 0.239 e. The van der Waals surface area contributed by atoms with E-state index in [0.717, 1.165) is 17.0 Å². The summed E-state index contributed by atoms with van der Waals surface area (Å²) in [6, 6.07) is 17.8. The van der Waals surface area contributed by atoms with Gasteiger partial charge < -0.3 is 15.4 Å². The van der Waals surface area contributed by atoms with Crippen LogP contribution in [0.4, 0.5) is 5.69 Å². The molecule has 4 heteroatoms. The van der Waals surface area contributed by atoms with Gasteiger partial charge in [-0.3, -0.25) is 4.79 Å². The van der Waals surface area contributed by atoms with Crippen molar-refractivity contribution in [3.63, 3.8) is 0 Å². The number of hydrogen-bond donors (Lipinski definition) is 2. The van der Waals surface area contributed by atoms with Crippen molar-refractivity contribution < 1.29 is 9.53 Å². The lowest BCUT2D eigenvalue weighted by atomic mass is 10.0. The van der Waals surface area contributed by atoms with E-state index in [-0.39, 0.29) is 18.5 Å². The predicted molar refractivity (Wildman–Crippen MR) is 91.5 cm³/mol. The maximum Gasteiger partial charge on any atom is 0.239 e. The molecule has 0 spiro atoms. The van der Waals surface area contributed by atoms with Crippen LogP contribution in [0, 0.1) is 5.92 Å². The van der Waals surface area contributed by atoms with Gasteiger partial charge in [0, 0.05) is 5.69 Å². The van der Waals surface area contributed by atoms with Crippen molar-refractivity contribution >= 4 is 11.6 Å². The van der Waals surface area contributed by atoms with Crippen LogP contribution in [-0.4, -0.2) is 19.6 Å². The number of amides is 1. The van der Waals surface area contributed by atoms with E-state index in [1.165, 1.54) is 12.8 Å². The highest BCUT2D eigenvalue weighted by molar-refractivity contribution is 5.81. The third-order valence-electron chi connectivity index (χ3n) is 4.11. The number of carbonyl (C=O) groups excluding carboxylic acids is 1. The van der Waals surface area contributed by atoms with Crippen LogP contribution < -0.4 is 15.4 Å². The molecule has 0 saturated heterocycles. The number of ether oxygens (including phenoxy) is 1. The zero-order chi connectivity index (χ0) is 16.1. The number of methoxy groups -OCH3 is 1. The minimum absolute atomic E-state index is 0.0153. The van der Waals surface area contributed by atoms with E-state index in [2.05, 4.69) is 10.6 Å². The van der Waals surface area contributed by atoms with Gasteiger partial charge in [-0.1, -0.05) is 30.3 Å². The Hall–Kier alpha value is -2.49. The van der Waals surface area contributed by atoms with Gasteiger partial charge >= 0.3 is 0 Å². The summed E-state index contributed by atoms with van der Waals surface area (Å²) >= 11 is 0. The molecule has 1 aliphatic carbocycles.